The number of benzene rings is 2. The maximum absolute atomic E-state index is 13.4. The maximum Gasteiger partial charge on any atom is 0.342 e. The zero-order valence-electron chi connectivity index (χ0n) is 19.7. The maximum atomic E-state index is 13.4. The van der Waals surface area contributed by atoms with Gasteiger partial charge in [0, 0.05) is 24.3 Å². The molecule has 2 heterocycles. The molecule has 2 aromatic carbocycles. The van der Waals surface area contributed by atoms with Crippen LogP contribution in [0.4, 0.5) is 0 Å². The van der Waals surface area contributed by atoms with Crippen molar-refractivity contribution < 1.29 is 28.6 Å². The van der Waals surface area contributed by atoms with E-state index in [1.54, 1.807) is 6.07 Å². The molecule has 0 fully saturated rings. The Labute approximate surface area is 199 Å². The van der Waals surface area contributed by atoms with Crippen LogP contribution < -0.4 is 9.47 Å². The number of cyclic esters (lactones) is 1. The Morgan fingerprint density at radius 3 is 2.56 bits per heavy atom. The summed E-state index contributed by atoms with van der Waals surface area (Å²) in [6.45, 7) is 1.84. The molecule has 0 amide bonds. The van der Waals surface area contributed by atoms with Gasteiger partial charge in [-0.3, -0.25) is 9.59 Å². The zero-order chi connectivity index (χ0) is 24.1. The summed E-state index contributed by atoms with van der Waals surface area (Å²) >= 11 is 0. The van der Waals surface area contributed by atoms with Gasteiger partial charge >= 0.3 is 11.9 Å². The lowest BCUT2D eigenvalue weighted by atomic mass is 9.83. The lowest BCUT2D eigenvalue weighted by Crippen LogP contribution is -2.24. The molecule has 2 atom stereocenters. The van der Waals surface area contributed by atoms with Crippen LogP contribution in [0, 0.1) is 0 Å². The topological polar surface area (TPSA) is 78.9 Å². The minimum atomic E-state index is -0.487. The van der Waals surface area contributed by atoms with E-state index in [0.717, 1.165) is 12.0 Å². The molecular formula is C28H30O6. The molecule has 178 valence electrons. The number of ketones is 1. The minimum Gasteiger partial charge on any atom is -0.495 e. The van der Waals surface area contributed by atoms with Crippen LogP contribution in [-0.2, 0) is 14.3 Å². The Bertz CT molecular complexity index is 1100. The van der Waals surface area contributed by atoms with Gasteiger partial charge in [0.2, 0.25) is 0 Å². The van der Waals surface area contributed by atoms with Crippen molar-refractivity contribution in [2.45, 2.75) is 63.9 Å². The molecule has 6 heteroatoms. The van der Waals surface area contributed by atoms with Crippen molar-refractivity contribution in [2.75, 3.05) is 7.11 Å². The molecule has 0 saturated heterocycles. The van der Waals surface area contributed by atoms with Gasteiger partial charge in [-0.1, -0.05) is 42.5 Å². The van der Waals surface area contributed by atoms with E-state index in [1.807, 2.05) is 49.4 Å². The summed E-state index contributed by atoms with van der Waals surface area (Å²) in [4.78, 5) is 37.9. The first kappa shape index (κ1) is 23.7. The number of allylic oxidation sites excluding steroid dienone is 1. The van der Waals surface area contributed by atoms with E-state index in [9.17, 15) is 14.4 Å². The molecule has 0 bridgehead atoms. The number of carbonyl (C=O) groups is 3. The number of Topliss-reactive ketones (excluding diaryl/α,β-unsaturated/α-hetero) is 1. The van der Waals surface area contributed by atoms with Crippen molar-refractivity contribution in [3.05, 3.63) is 64.7 Å². The van der Waals surface area contributed by atoms with Crippen LogP contribution >= 0.6 is 0 Å². The fourth-order valence-corrected chi connectivity index (χ4v) is 4.68. The van der Waals surface area contributed by atoms with Crippen LogP contribution in [-0.4, -0.2) is 30.9 Å². The standard InChI is InChI=1S/C28H30O6/c1-18-10-9-15-21(29)14-8-4-7-13-20-16-23-26(27(32-2)25(20)28(31)33-18)22(17-24(30)34-23)19-11-5-3-6-12-19/h3,5-7,11-13,16,18,22H,4,8-10,14-15,17H2,1-2H3. The van der Waals surface area contributed by atoms with Crippen LogP contribution in [0.2, 0.25) is 0 Å². The SMILES string of the molecule is COc1c2c(cc3c1C(c1ccccc1)CC(=O)O3)C=CCCCC(=O)CCCC(C)OC2=O. The first-order valence-corrected chi connectivity index (χ1v) is 11.9. The van der Waals surface area contributed by atoms with E-state index in [0.29, 0.717) is 60.3 Å². The summed E-state index contributed by atoms with van der Waals surface area (Å²) < 4.78 is 17.2. The summed E-state index contributed by atoms with van der Waals surface area (Å²) in [5, 5.41) is 0. The molecule has 0 aromatic heterocycles. The van der Waals surface area contributed by atoms with E-state index < -0.39 is 5.97 Å². The Hall–Kier alpha value is -3.41. The van der Waals surface area contributed by atoms with Gasteiger partial charge in [-0.25, -0.2) is 4.79 Å². The van der Waals surface area contributed by atoms with Crippen molar-refractivity contribution in [1.29, 1.82) is 0 Å². The number of ether oxygens (including phenoxy) is 3. The van der Waals surface area contributed by atoms with Gasteiger partial charge in [0.15, 0.2) is 0 Å². The predicted octanol–water partition coefficient (Wildman–Crippen LogP) is 5.62. The van der Waals surface area contributed by atoms with Gasteiger partial charge in [-0.05, 0) is 49.8 Å². The molecule has 0 radical (unpaired) electrons. The van der Waals surface area contributed by atoms with Crippen molar-refractivity contribution >= 4 is 23.8 Å². The van der Waals surface area contributed by atoms with Crippen molar-refractivity contribution in [2.24, 2.45) is 0 Å². The molecule has 0 aliphatic carbocycles. The quantitative estimate of drug-likeness (QED) is 0.426. The molecule has 2 aliphatic rings. The minimum absolute atomic E-state index is 0.154. The summed E-state index contributed by atoms with van der Waals surface area (Å²) in [6.07, 6.45) is 7.34. The number of rotatable bonds is 2. The molecule has 4 rings (SSSR count). The lowest BCUT2D eigenvalue weighted by Gasteiger charge is -2.29. The number of esters is 2. The normalized spacial score (nSPS) is 21.5. The molecule has 2 aromatic rings. The van der Waals surface area contributed by atoms with Gasteiger partial charge in [0.1, 0.15) is 22.8 Å². The van der Waals surface area contributed by atoms with Gasteiger partial charge in [-0.2, -0.15) is 0 Å². The van der Waals surface area contributed by atoms with Crippen LogP contribution in [0.15, 0.2) is 42.5 Å². The average Bonchev–Trinajstić information content (AvgIpc) is 2.82. The van der Waals surface area contributed by atoms with Gasteiger partial charge in [-0.15, -0.1) is 0 Å². The summed E-state index contributed by atoms with van der Waals surface area (Å²) in [5.41, 5.74) is 2.52. The summed E-state index contributed by atoms with van der Waals surface area (Å²) in [7, 11) is 1.52. The van der Waals surface area contributed by atoms with Crippen molar-refractivity contribution in [3.8, 4) is 11.5 Å². The van der Waals surface area contributed by atoms with E-state index in [4.69, 9.17) is 14.2 Å². The molecule has 2 unspecified atom stereocenters. The Morgan fingerprint density at radius 1 is 1.03 bits per heavy atom. The third kappa shape index (κ3) is 5.22. The second-order valence-corrected chi connectivity index (χ2v) is 8.87. The Morgan fingerprint density at radius 2 is 1.79 bits per heavy atom. The summed E-state index contributed by atoms with van der Waals surface area (Å²) in [5.74, 6) is -0.118. The lowest BCUT2D eigenvalue weighted by molar-refractivity contribution is -0.135. The third-order valence-corrected chi connectivity index (χ3v) is 6.36. The zero-order valence-corrected chi connectivity index (χ0v) is 19.7. The van der Waals surface area contributed by atoms with Crippen molar-refractivity contribution in [1.82, 2.24) is 0 Å². The third-order valence-electron chi connectivity index (χ3n) is 6.36. The second kappa shape index (κ2) is 10.7. The molecule has 0 N–H and O–H groups in total. The fraction of sp³-hybridized carbons (Fsp3) is 0.393. The largest absolute Gasteiger partial charge is 0.495 e. The molecule has 0 spiro atoms. The number of methoxy groups -OCH3 is 1. The highest BCUT2D eigenvalue weighted by Gasteiger charge is 2.36. The first-order valence-electron chi connectivity index (χ1n) is 11.9. The summed E-state index contributed by atoms with van der Waals surface area (Å²) in [6, 6.07) is 11.4. The average molecular weight is 463 g/mol. The van der Waals surface area contributed by atoms with Gasteiger partial charge < -0.3 is 14.2 Å². The van der Waals surface area contributed by atoms with E-state index >= 15 is 0 Å². The fourth-order valence-electron chi connectivity index (χ4n) is 4.68. The van der Waals surface area contributed by atoms with Crippen LogP contribution in [0.25, 0.3) is 6.08 Å². The van der Waals surface area contributed by atoms with E-state index in [1.165, 1.54) is 7.11 Å². The van der Waals surface area contributed by atoms with E-state index in [2.05, 4.69) is 0 Å². The predicted molar refractivity (Wildman–Crippen MR) is 128 cm³/mol. The molecule has 34 heavy (non-hydrogen) atoms. The number of hydrogen-bond acceptors (Lipinski definition) is 6. The molecular weight excluding hydrogens is 432 g/mol. The van der Waals surface area contributed by atoms with Gasteiger partial charge in [0.25, 0.3) is 0 Å². The highest BCUT2D eigenvalue weighted by molar-refractivity contribution is 5.99. The molecule has 6 nitrogen and oxygen atoms in total. The monoisotopic (exact) mass is 462 g/mol. The smallest absolute Gasteiger partial charge is 0.342 e. The highest BCUT2D eigenvalue weighted by Crippen LogP contribution is 2.47. The Balaban J connectivity index is 1.85. The van der Waals surface area contributed by atoms with Crippen molar-refractivity contribution in [3.63, 3.8) is 0 Å². The number of fused-ring (bicyclic) bond motifs is 2. The van der Waals surface area contributed by atoms with Crippen LogP contribution in [0.1, 0.15) is 84.8 Å². The Kier molecular flexibility index (Phi) is 7.46. The second-order valence-electron chi connectivity index (χ2n) is 8.87. The number of hydrogen-bond donors (Lipinski definition) is 0. The van der Waals surface area contributed by atoms with E-state index in [-0.39, 0.29) is 30.2 Å². The molecule has 2 aliphatic heterocycles. The van der Waals surface area contributed by atoms with Crippen LogP contribution in [0.5, 0.6) is 11.5 Å². The highest BCUT2D eigenvalue weighted by atomic mass is 16.5. The van der Waals surface area contributed by atoms with Crippen LogP contribution in [0.3, 0.4) is 0 Å². The van der Waals surface area contributed by atoms with Gasteiger partial charge in [0.05, 0.1) is 19.6 Å². The number of carbonyl (C=O) groups excluding carboxylic acids is 3. The first-order chi connectivity index (χ1) is 16.5. The molecule has 0 saturated carbocycles.